The predicted octanol–water partition coefficient (Wildman–Crippen LogP) is 3.47. The van der Waals surface area contributed by atoms with E-state index in [1.54, 1.807) is 18.2 Å². The van der Waals surface area contributed by atoms with Gasteiger partial charge < -0.3 is 4.42 Å². The number of benzene rings is 1. The van der Waals surface area contributed by atoms with Crippen molar-refractivity contribution < 1.29 is 4.42 Å². The summed E-state index contributed by atoms with van der Waals surface area (Å²) in [4.78, 5) is 0. The summed E-state index contributed by atoms with van der Waals surface area (Å²) in [5.41, 5.74) is 0.557. The van der Waals surface area contributed by atoms with E-state index in [0.29, 0.717) is 33.1 Å². The number of hydrogen-bond donors (Lipinski definition) is 1. The molecule has 0 N–H and O–H groups in total. The fourth-order valence-corrected chi connectivity index (χ4v) is 1.81. The second-order valence-electron chi connectivity index (χ2n) is 2.76. The van der Waals surface area contributed by atoms with Crippen LogP contribution in [0.25, 0.3) is 11.5 Å². The molecular weight excluding hydrogens is 255 g/mol. The van der Waals surface area contributed by atoms with E-state index in [1.807, 2.05) is 0 Å². The molecule has 0 bridgehead atoms. The van der Waals surface area contributed by atoms with Gasteiger partial charge in [0.05, 0.1) is 21.4 Å². The Morgan fingerprint density at radius 1 is 1.20 bits per heavy atom. The Labute approximate surface area is 102 Å². The van der Waals surface area contributed by atoms with Gasteiger partial charge in [-0.05, 0) is 12.1 Å². The van der Waals surface area contributed by atoms with Crippen molar-refractivity contribution in [2.75, 3.05) is 0 Å². The van der Waals surface area contributed by atoms with Gasteiger partial charge in [-0.2, -0.15) is 12.6 Å². The molecule has 0 aliphatic carbocycles. The molecule has 1 aromatic carbocycles. The molecule has 0 saturated heterocycles. The van der Waals surface area contributed by atoms with Crippen LogP contribution in [0.15, 0.2) is 22.6 Å². The van der Waals surface area contributed by atoms with E-state index in [2.05, 4.69) is 22.8 Å². The van der Waals surface area contributed by atoms with Crippen molar-refractivity contribution >= 4 is 35.8 Å². The molecule has 2 rings (SSSR count). The largest absolute Gasteiger partial charge is 0.420 e. The summed E-state index contributed by atoms with van der Waals surface area (Å²) >= 11 is 16.0. The Hall–Kier alpha value is -0.710. The van der Waals surface area contributed by atoms with E-state index in [0.717, 1.165) is 0 Å². The maximum atomic E-state index is 5.99. The first-order valence-corrected chi connectivity index (χ1v) is 5.49. The van der Waals surface area contributed by atoms with Gasteiger partial charge in [-0.3, -0.25) is 0 Å². The van der Waals surface area contributed by atoms with Gasteiger partial charge in [-0.1, -0.05) is 29.3 Å². The van der Waals surface area contributed by atoms with Crippen LogP contribution in [-0.4, -0.2) is 10.2 Å². The summed E-state index contributed by atoms with van der Waals surface area (Å²) in [5.74, 6) is 1.13. The quantitative estimate of drug-likeness (QED) is 0.841. The lowest BCUT2D eigenvalue weighted by Gasteiger charge is -2.00. The normalized spacial score (nSPS) is 10.6. The first-order valence-electron chi connectivity index (χ1n) is 4.10. The summed E-state index contributed by atoms with van der Waals surface area (Å²) in [7, 11) is 0. The van der Waals surface area contributed by atoms with Crippen LogP contribution < -0.4 is 0 Å². The first-order chi connectivity index (χ1) is 7.22. The summed E-state index contributed by atoms with van der Waals surface area (Å²) in [6.07, 6.45) is 0. The number of aromatic nitrogens is 2. The average molecular weight is 261 g/mol. The zero-order chi connectivity index (χ0) is 10.8. The van der Waals surface area contributed by atoms with E-state index >= 15 is 0 Å². The first kappa shape index (κ1) is 10.8. The van der Waals surface area contributed by atoms with E-state index in [4.69, 9.17) is 27.6 Å². The maximum Gasteiger partial charge on any atom is 0.250 e. The molecule has 2 aromatic rings. The van der Waals surface area contributed by atoms with Crippen molar-refractivity contribution in [1.82, 2.24) is 10.2 Å². The highest BCUT2D eigenvalue weighted by atomic mass is 35.5. The minimum absolute atomic E-state index is 0.314. The highest BCUT2D eigenvalue weighted by molar-refractivity contribution is 7.79. The lowest BCUT2D eigenvalue weighted by molar-refractivity contribution is 0.529. The van der Waals surface area contributed by atoms with Crippen molar-refractivity contribution in [2.24, 2.45) is 0 Å². The average Bonchev–Trinajstić information content (AvgIpc) is 2.66. The molecule has 15 heavy (non-hydrogen) atoms. The van der Waals surface area contributed by atoms with Crippen LogP contribution in [0.5, 0.6) is 0 Å². The Bertz CT molecular complexity index is 466. The monoisotopic (exact) mass is 260 g/mol. The zero-order valence-corrected chi connectivity index (χ0v) is 9.85. The topological polar surface area (TPSA) is 38.9 Å². The second kappa shape index (κ2) is 4.43. The van der Waals surface area contributed by atoms with Crippen molar-refractivity contribution in [3.8, 4) is 11.5 Å². The molecule has 0 aliphatic rings. The van der Waals surface area contributed by atoms with Crippen LogP contribution in [0, 0.1) is 0 Å². The van der Waals surface area contributed by atoms with Crippen LogP contribution in [0.1, 0.15) is 5.89 Å². The fraction of sp³-hybridized carbons (Fsp3) is 0.111. The summed E-state index contributed by atoms with van der Waals surface area (Å²) < 4.78 is 5.31. The summed E-state index contributed by atoms with van der Waals surface area (Å²) in [5, 5.41) is 8.59. The second-order valence-corrected chi connectivity index (χ2v) is 3.89. The van der Waals surface area contributed by atoms with Gasteiger partial charge in [-0.25, -0.2) is 0 Å². The van der Waals surface area contributed by atoms with E-state index in [-0.39, 0.29) is 0 Å². The van der Waals surface area contributed by atoms with Gasteiger partial charge >= 0.3 is 0 Å². The number of thiol groups is 1. The van der Waals surface area contributed by atoms with Crippen molar-refractivity contribution in [3.05, 3.63) is 34.1 Å². The molecule has 0 aliphatic heterocycles. The van der Waals surface area contributed by atoms with Crippen molar-refractivity contribution in [3.63, 3.8) is 0 Å². The molecule has 0 radical (unpaired) electrons. The van der Waals surface area contributed by atoms with Crippen LogP contribution in [0.4, 0.5) is 0 Å². The smallest absolute Gasteiger partial charge is 0.250 e. The number of halogens is 2. The number of rotatable bonds is 2. The lowest BCUT2D eigenvalue weighted by Crippen LogP contribution is -1.81. The van der Waals surface area contributed by atoms with Crippen LogP contribution in [0.2, 0.25) is 10.0 Å². The summed E-state index contributed by atoms with van der Waals surface area (Å²) in [6.45, 7) is 0. The Morgan fingerprint density at radius 2 is 1.87 bits per heavy atom. The molecule has 0 atom stereocenters. The molecule has 6 heteroatoms. The molecule has 0 spiro atoms. The third-order valence-corrected chi connectivity index (χ3v) is 2.68. The molecule has 1 heterocycles. The van der Waals surface area contributed by atoms with Gasteiger partial charge in [0.25, 0.3) is 5.89 Å². The molecule has 0 fully saturated rings. The molecule has 0 amide bonds. The van der Waals surface area contributed by atoms with E-state index in [1.165, 1.54) is 0 Å². The molecule has 0 unspecified atom stereocenters. The SMILES string of the molecule is SCc1nnc(-c2c(Cl)cccc2Cl)o1. The van der Waals surface area contributed by atoms with Gasteiger partial charge in [0, 0.05) is 0 Å². The minimum atomic E-state index is 0.314. The Balaban J connectivity index is 2.53. The van der Waals surface area contributed by atoms with E-state index in [9.17, 15) is 0 Å². The number of hydrogen-bond acceptors (Lipinski definition) is 4. The highest BCUT2D eigenvalue weighted by Gasteiger charge is 2.14. The van der Waals surface area contributed by atoms with Crippen molar-refractivity contribution in [1.29, 1.82) is 0 Å². The standard InChI is InChI=1S/C9H6Cl2N2OS/c10-5-2-1-3-6(11)8(5)9-13-12-7(4-15)14-9/h1-3,15H,4H2. The van der Waals surface area contributed by atoms with Gasteiger partial charge in [0.15, 0.2) is 0 Å². The third kappa shape index (κ3) is 2.12. The van der Waals surface area contributed by atoms with Gasteiger partial charge in [0.2, 0.25) is 5.89 Å². The Kier molecular flexibility index (Phi) is 3.19. The molecule has 3 nitrogen and oxygen atoms in total. The minimum Gasteiger partial charge on any atom is -0.420 e. The van der Waals surface area contributed by atoms with Crippen LogP contribution in [0.3, 0.4) is 0 Å². The van der Waals surface area contributed by atoms with Gasteiger partial charge in [-0.15, -0.1) is 10.2 Å². The maximum absolute atomic E-state index is 5.99. The molecule has 0 saturated carbocycles. The van der Waals surface area contributed by atoms with Crippen molar-refractivity contribution in [2.45, 2.75) is 5.75 Å². The zero-order valence-electron chi connectivity index (χ0n) is 7.44. The molecule has 78 valence electrons. The molecular formula is C9H6Cl2N2OS. The van der Waals surface area contributed by atoms with Gasteiger partial charge in [0.1, 0.15) is 0 Å². The highest BCUT2D eigenvalue weighted by Crippen LogP contribution is 2.33. The third-order valence-electron chi connectivity index (χ3n) is 1.78. The summed E-state index contributed by atoms with van der Waals surface area (Å²) in [6, 6.07) is 5.19. The lowest BCUT2D eigenvalue weighted by atomic mass is 10.2. The fourth-order valence-electron chi connectivity index (χ4n) is 1.12. The number of nitrogens with zero attached hydrogens (tertiary/aromatic N) is 2. The van der Waals surface area contributed by atoms with E-state index < -0.39 is 0 Å². The predicted molar refractivity (Wildman–Crippen MR) is 62.4 cm³/mol. The van der Waals surface area contributed by atoms with Crippen LogP contribution in [-0.2, 0) is 5.75 Å². The molecule has 1 aromatic heterocycles. The Morgan fingerprint density at radius 3 is 2.40 bits per heavy atom. The van der Waals surface area contributed by atoms with Crippen LogP contribution >= 0.6 is 35.8 Å².